The van der Waals surface area contributed by atoms with Crippen molar-refractivity contribution in [1.82, 2.24) is 14.7 Å². The highest BCUT2D eigenvalue weighted by Gasteiger charge is 2.35. The smallest absolute Gasteiger partial charge is 0.228 e. The van der Waals surface area contributed by atoms with Crippen molar-refractivity contribution in [3.8, 4) is 23.1 Å². The molecule has 0 atom stereocenters. The first kappa shape index (κ1) is 22.8. The van der Waals surface area contributed by atoms with Gasteiger partial charge in [-0.25, -0.2) is 4.68 Å². The number of benzene rings is 2. The number of hydrogen-bond donors (Lipinski definition) is 0. The number of furan rings is 1. The molecule has 0 N–H and O–H groups in total. The van der Waals surface area contributed by atoms with Gasteiger partial charge in [0.1, 0.15) is 5.76 Å². The summed E-state index contributed by atoms with van der Waals surface area (Å²) in [6.07, 6.45) is 4.20. The number of methoxy groups -OCH3 is 1. The van der Waals surface area contributed by atoms with Gasteiger partial charge in [-0.15, -0.1) is 0 Å². The molecule has 2 aromatic heterocycles. The Morgan fingerprint density at radius 1 is 1.03 bits per heavy atom. The quantitative estimate of drug-likeness (QED) is 0.294. The molecular weight excluding hydrogens is 442 g/mol. The molecule has 35 heavy (non-hydrogen) atoms. The van der Waals surface area contributed by atoms with Gasteiger partial charge in [0.05, 0.1) is 43.4 Å². The van der Waals surface area contributed by atoms with Crippen LogP contribution in [0.15, 0.2) is 77.4 Å². The van der Waals surface area contributed by atoms with E-state index in [1.54, 1.807) is 13.4 Å². The zero-order chi connectivity index (χ0) is 24.2. The molecule has 0 aliphatic heterocycles. The third-order valence-electron chi connectivity index (χ3n) is 6.14. The van der Waals surface area contributed by atoms with Gasteiger partial charge >= 0.3 is 0 Å². The van der Waals surface area contributed by atoms with Crippen LogP contribution in [-0.4, -0.2) is 27.7 Å². The molecule has 0 radical (unpaired) electrons. The predicted molar refractivity (Wildman–Crippen MR) is 132 cm³/mol. The van der Waals surface area contributed by atoms with Gasteiger partial charge in [0.2, 0.25) is 11.8 Å². The van der Waals surface area contributed by atoms with E-state index in [9.17, 15) is 4.79 Å². The number of rotatable bonds is 10. The lowest BCUT2D eigenvalue weighted by Gasteiger charge is -2.23. The molecule has 0 saturated heterocycles. The van der Waals surface area contributed by atoms with Crippen molar-refractivity contribution in [3.63, 3.8) is 0 Å². The van der Waals surface area contributed by atoms with Gasteiger partial charge in [-0.3, -0.25) is 4.79 Å². The first-order chi connectivity index (χ1) is 17.2. The Kier molecular flexibility index (Phi) is 6.57. The van der Waals surface area contributed by atoms with Crippen LogP contribution >= 0.6 is 0 Å². The summed E-state index contributed by atoms with van der Waals surface area (Å²) in [5, 5.41) is 4.91. The molecule has 0 spiro atoms. The molecule has 4 aromatic rings. The summed E-state index contributed by atoms with van der Waals surface area (Å²) in [4.78, 5) is 15.1. The summed E-state index contributed by atoms with van der Waals surface area (Å²) in [5.74, 6) is 2.75. The molecule has 7 heteroatoms. The van der Waals surface area contributed by atoms with Crippen molar-refractivity contribution >= 4 is 5.91 Å². The Labute approximate surface area is 204 Å². The van der Waals surface area contributed by atoms with Crippen LogP contribution in [-0.2, 0) is 24.3 Å². The van der Waals surface area contributed by atoms with Gasteiger partial charge in [-0.2, -0.15) is 5.10 Å². The Morgan fingerprint density at radius 3 is 2.43 bits per heavy atom. The van der Waals surface area contributed by atoms with E-state index >= 15 is 0 Å². The van der Waals surface area contributed by atoms with E-state index in [1.807, 2.05) is 76.3 Å². The van der Waals surface area contributed by atoms with Gasteiger partial charge < -0.3 is 18.8 Å². The number of carbonyl (C=O) groups excluding carboxylic acids is 1. The third-order valence-corrected chi connectivity index (χ3v) is 6.14. The Bertz CT molecular complexity index is 1280. The number of amides is 1. The summed E-state index contributed by atoms with van der Waals surface area (Å²) in [6, 6.07) is 21.1. The molecule has 7 nitrogen and oxygen atoms in total. The molecule has 2 aromatic carbocycles. The summed E-state index contributed by atoms with van der Waals surface area (Å²) in [7, 11) is 1.62. The second-order valence-electron chi connectivity index (χ2n) is 8.63. The minimum absolute atomic E-state index is 0.0813. The maximum absolute atomic E-state index is 13.3. The van der Waals surface area contributed by atoms with Crippen molar-refractivity contribution in [2.24, 2.45) is 5.92 Å². The molecule has 1 aliphatic rings. The standard InChI is InChI=1S/C28H29N3O4/c1-3-24-23(19-30(27(32)20-15-16-20)18-22-12-9-17-34-22)28(31(29-24)21-10-5-4-6-11-21)35-26-14-8-7-13-25(26)33-2/h4-14,17,20H,3,15-16,18-19H2,1-2H3. The number of hydrogen-bond acceptors (Lipinski definition) is 5. The summed E-state index contributed by atoms with van der Waals surface area (Å²) in [6.45, 7) is 2.83. The molecule has 0 unspecified atom stereocenters. The number of nitrogens with zero attached hydrogens (tertiary/aromatic N) is 3. The van der Waals surface area contributed by atoms with Gasteiger partial charge in [0.25, 0.3) is 0 Å². The van der Waals surface area contributed by atoms with Crippen LogP contribution in [0.1, 0.15) is 36.8 Å². The molecule has 180 valence electrons. The van der Waals surface area contributed by atoms with E-state index in [2.05, 4.69) is 6.92 Å². The SMILES string of the molecule is CCc1nn(-c2ccccc2)c(Oc2ccccc2OC)c1CN(Cc1ccco1)C(=O)C1CC1. The fourth-order valence-electron chi connectivity index (χ4n) is 4.16. The van der Waals surface area contributed by atoms with Crippen LogP contribution in [0, 0.1) is 5.92 Å². The van der Waals surface area contributed by atoms with Crippen molar-refractivity contribution < 1.29 is 18.7 Å². The maximum atomic E-state index is 13.3. The van der Waals surface area contributed by atoms with Crippen LogP contribution in [0.3, 0.4) is 0 Å². The summed E-state index contributed by atoms with van der Waals surface area (Å²) < 4.78 is 19.4. The highest BCUT2D eigenvalue weighted by molar-refractivity contribution is 5.81. The fourth-order valence-corrected chi connectivity index (χ4v) is 4.16. The Morgan fingerprint density at radius 2 is 1.77 bits per heavy atom. The molecule has 5 rings (SSSR count). The molecule has 1 amide bonds. The average molecular weight is 472 g/mol. The van der Waals surface area contributed by atoms with Crippen LogP contribution in [0.25, 0.3) is 5.69 Å². The molecule has 1 aliphatic carbocycles. The highest BCUT2D eigenvalue weighted by atomic mass is 16.5. The van der Waals surface area contributed by atoms with Crippen molar-refractivity contribution in [3.05, 3.63) is 90.0 Å². The minimum atomic E-state index is 0.0813. The molecule has 0 bridgehead atoms. The highest BCUT2D eigenvalue weighted by Crippen LogP contribution is 2.38. The van der Waals surface area contributed by atoms with E-state index in [0.29, 0.717) is 36.9 Å². The lowest BCUT2D eigenvalue weighted by molar-refractivity contribution is -0.134. The number of carbonyl (C=O) groups is 1. The lowest BCUT2D eigenvalue weighted by atomic mass is 10.1. The van der Waals surface area contributed by atoms with E-state index in [-0.39, 0.29) is 11.8 Å². The Balaban J connectivity index is 1.59. The first-order valence-corrected chi connectivity index (χ1v) is 12.0. The van der Waals surface area contributed by atoms with Crippen molar-refractivity contribution in [1.29, 1.82) is 0 Å². The number of aryl methyl sites for hydroxylation is 1. The van der Waals surface area contributed by atoms with E-state index in [4.69, 9.17) is 19.0 Å². The van der Waals surface area contributed by atoms with Gasteiger partial charge in [-0.05, 0) is 55.7 Å². The zero-order valence-electron chi connectivity index (χ0n) is 20.0. The predicted octanol–water partition coefficient (Wildman–Crippen LogP) is 5.77. The number of ether oxygens (including phenoxy) is 2. The number of aromatic nitrogens is 2. The van der Waals surface area contributed by atoms with Crippen LogP contribution < -0.4 is 9.47 Å². The Hall–Kier alpha value is -4.00. The average Bonchev–Trinajstić information content (AvgIpc) is 3.52. The topological polar surface area (TPSA) is 69.7 Å². The first-order valence-electron chi connectivity index (χ1n) is 12.0. The summed E-state index contributed by atoms with van der Waals surface area (Å²) in [5.41, 5.74) is 2.64. The summed E-state index contributed by atoms with van der Waals surface area (Å²) >= 11 is 0. The lowest BCUT2D eigenvalue weighted by Crippen LogP contribution is -2.31. The molecule has 1 saturated carbocycles. The second kappa shape index (κ2) is 10.1. The van der Waals surface area contributed by atoms with E-state index < -0.39 is 0 Å². The monoisotopic (exact) mass is 471 g/mol. The second-order valence-corrected chi connectivity index (χ2v) is 8.63. The van der Waals surface area contributed by atoms with Crippen LogP contribution in [0.2, 0.25) is 0 Å². The zero-order valence-corrected chi connectivity index (χ0v) is 20.0. The normalized spacial score (nSPS) is 13.0. The van der Waals surface area contributed by atoms with E-state index in [0.717, 1.165) is 35.5 Å². The largest absolute Gasteiger partial charge is 0.493 e. The number of para-hydroxylation sites is 3. The van der Waals surface area contributed by atoms with Crippen LogP contribution in [0.5, 0.6) is 17.4 Å². The van der Waals surface area contributed by atoms with Crippen molar-refractivity contribution in [2.45, 2.75) is 39.3 Å². The van der Waals surface area contributed by atoms with Crippen LogP contribution in [0.4, 0.5) is 0 Å². The van der Waals surface area contributed by atoms with Gasteiger partial charge in [0, 0.05) is 5.92 Å². The molecular formula is C28H29N3O4. The van der Waals surface area contributed by atoms with Gasteiger partial charge in [0.15, 0.2) is 11.5 Å². The third kappa shape index (κ3) is 4.94. The molecule has 2 heterocycles. The fraction of sp³-hybridized carbons (Fsp3) is 0.286. The van der Waals surface area contributed by atoms with Gasteiger partial charge in [-0.1, -0.05) is 37.3 Å². The van der Waals surface area contributed by atoms with Crippen molar-refractivity contribution in [2.75, 3.05) is 7.11 Å². The van der Waals surface area contributed by atoms with E-state index in [1.165, 1.54) is 0 Å². The maximum Gasteiger partial charge on any atom is 0.228 e. The molecule has 1 fully saturated rings. The minimum Gasteiger partial charge on any atom is -0.493 e.